The topological polar surface area (TPSA) is 79.4 Å². The molecule has 2 heterocycles. The van der Waals surface area contributed by atoms with Crippen LogP contribution < -0.4 is 5.32 Å². The van der Waals surface area contributed by atoms with E-state index in [9.17, 15) is 13.2 Å². The van der Waals surface area contributed by atoms with Crippen LogP contribution in [-0.2, 0) is 10.0 Å². The van der Waals surface area contributed by atoms with Gasteiger partial charge in [0.15, 0.2) is 0 Å². The number of rotatable bonds is 4. The summed E-state index contributed by atoms with van der Waals surface area (Å²) in [6.07, 6.45) is 4.81. The third kappa shape index (κ3) is 2.91. The number of fused-ring (bicyclic) bond motifs is 1. The average molecular weight is 371 g/mol. The first-order valence-corrected chi connectivity index (χ1v) is 10.2. The molecule has 0 unspecified atom stereocenters. The van der Waals surface area contributed by atoms with Gasteiger partial charge < -0.3 is 5.32 Å². The molecule has 0 bridgehead atoms. The molecule has 1 aliphatic heterocycles. The van der Waals surface area contributed by atoms with Crippen molar-refractivity contribution in [2.24, 2.45) is 5.92 Å². The molecule has 4 rings (SSSR count). The highest BCUT2D eigenvalue weighted by atomic mass is 32.2. The number of pyridine rings is 1. The van der Waals surface area contributed by atoms with E-state index in [2.05, 4.69) is 10.3 Å². The highest BCUT2D eigenvalue weighted by molar-refractivity contribution is 7.89. The Kier molecular flexibility index (Phi) is 4.28. The molecular weight excluding hydrogens is 350 g/mol. The van der Waals surface area contributed by atoms with Crippen LogP contribution in [0.3, 0.4) is 0 Å². The Morgan fingerprint density at radius 2 is 1.85 bits per heavy atom. The Hall–Kier alpha value is -2.25. The SMILES string of the molecule is Cc1ccc(S(=O)(=O)N2CC[C@@H]3C[C@H](NC(=O)c4ccncc4)[C@@H]32)cc1. The van der Waals surface area contributed by atoms with E-state index in [4.69, 9.17) is 0 Å². The normalized spacial score (nSPS) is 25.3. The largest absolute Gasteiger partial charge is 0.348 e. The van der Waals surface area contributed by atoms with Gasteiger partial charge in [0.25, 0.3) is 5.91 Å². The van der Waals surface area contributed by atoms with E-state index in [0.29, 0.717) is 22.9 Å². The maximum Gasteiger partial charge on any atom is 0.251 e. The van der Waals surface area contributed by atoms with Gasteiger partial charge in [-0.1, -0.05) is 17.7 Å². The minimum atomic E-state index is -3.55. The van der Waals surface area contributed by atoms with Crippen molar-refractivity contribution in [3.63, 3.8) is 0 Å². The molecule has 2 fully saturated rings. The number of carbonyl (C=O) groups excluding carboxylic acids is 1. The summed E-state index contributed by atoms with van der Waals surface area (Å²) in [5, 5.41) is 2.99. The van der Waals surface area contributed by atoms with Gasteiger partial charge in [-0.05, 0) is 49.9 Å². The fraction of sp³-hybridized carbons (Fsp3) is 0.368. The fourth-order valence-electron chi connectivity index (χ4n) is 3.93. The maximum absolute atomic E-state index is 13.0. The molecule has 26 heavy (non-hydrogen) atoms. The highest BCUT2D eigenvalue weighted by Gasteiger charge is 2.53. The molecule has 0 radical (unpaired) electrons. The quantitative estimate of drug-likeness (QED) is 0.891. The van der Waals surface area contributed by atoms with Crippen LogP contribution in [0.1, 0.15) is 28.8 Å². The lowest BCUT2D eigenvalue weighted by atomic mass is 9.75. The van der Waals surface area contributed by atoms with Crippen molar-refractivity contribution in [1.29, 1.82) is 0 Å². The van der Waals surface area contributed by atoms with Crippen molar-refractivity contribution in [2.75, 3.05) is 6.54 Å². The lowest BCUT2D eigenvalue weighted by Gasteiger charge is -2.43. The standard InChI is InChI=1S/C19H21N3O3S/c1-13-2-4-16(5-3-13)26(24,25)22-11-8-15-12-17(18(15)22)21-19(23)14-6-9-20-10-7-14/h2-7,9-10,15,17-18H,8,11-12H2,1H3,(H,21,23)/t15-,17+,18-/m1/s1. The second kappa shape index (κ2) is 6.48. The van der Waals surface area contributed by atoms with Gasteiger partial charge in [-0.15, -0.1) is 0 Å². The van der Waals surface area contributed by atoms with Crippen LogP contribution in [0, 0.1) is 12.8 Å². The molecule has 2 aromatic rings. The summed E-state index contributed by atoms with van der Waals surface area (Å²) < 4.78 is 27.7. The fourth-order valence-corrected chi connectivity index (χ4v) is 5.67. The molecule has 3 atom stereocenters. The molecule has 1 N–H and O–H groups in total. The van der Waals surface area contributed by atoms with Crippen molar-refractivity contribution in [3.05, 3.63) is 59.9 Å². The van der Waals surface area contributed by atoms with Gasteiger partial charge in [0.2, 0.25) is 10.0 Å². The van der Waals surface area contributed by atoms with Crippen molar-refractivity contribution < 1.29 is 13.2 Å². The van der Waals surface area contributed by atoms with E-state index in [1.165, 1.54) is 0 Å². The van der Waals surface area contributed by atoms with Gasteiger partial charge in [-0.2, -0.15) is 4.31 Å². The molecule has 6 nitrogen and oxygen atoms in total. The van der Waals surface area contributed by atoms with Crippen molar-refractivity contribution >= 4 is 15.9 Å². The third-order valence-corrected chi connectivity index (χ3v) is 7.30. The van der Waals surface area contributed by atoms with E-state index in [0.717, 1.165) is 18.4 Å². The van der Waals surface area contributed by atoms with Crippen molar-refractivity contribution in [1.82, 2.24) is 14.6 Å². The number of hydrogen-bond acceptors (Lipinski definition) is 4. The monoisotopic (exact) mass is 371 g/mol. The molecule has 2 aliphatic rings. The molecule has 136 valence electrons. The van der Waals surface area contributed by atoms with E-state index in [1.54, 1.807) is 41.0 Å². The summed E-state index contributed by atoms with van der Waals surface area (Å²) in [5.74, 6) is 0.133. The zero-order chi connectivity index (χ0) is 18.3. The molecule has 1 saturated heterocycles. The molecule has 1 saturated carbocycles. The first-order chi connectivity index (χ1) is 12.5. The maximum atomic E-state index is 13.0. The second-order valence-corrected chi connectivity index (χ2v) is 8.91. The van der Waals surface area contributed by atoms with Gasteiger partial charge in [-0.3, -0.25) is 9.78 Å². The summed E-state index contributed by atoms with van der Waals surface area (Å²) >= 11 is 0. The van der Waals surface area contributed by atoms with Crippen LogP contribution in [0.2, 0.25) is 0 Å². The van der Waals surface area contributed by atoms with E-state index in [-0.39, 0.29) is 18.0 Å². The van der Waals surface area contributed by atoms with Crippen molar-refractivity contribution in [3.8, 4) is 0 Å². The van der Waals surface area contributed by atoms with Gasteiger partial charge in [0.05, 0.1) is 4.90 Å². The first-order valence-electron chi connectivity index (χ1n) is 8.76. The molecular formula is C19H21N3O3S. The second-order valence-electron chi connectivity index (χ2n) is 7.02. The Morgan fingerprint density at radius 3 is 2.54 bits per heavy atom. The van der Waals surface area contributed by atoms with Crippen LogP contribution in [0.4, 0.5) is 0 Å². The van der Waals surface area contributed by atoms with Gasteiger partial charge >= 0.3 is 0 Å². The number of carbonyl (C=O) groups is 1. The number of amides is 1. The number of aryl methyl sites for hydroxylation is 1. The third-order valence-electron chi connectivity index (χ3n) is 5.39. The minimum absolute atomic E-state index is 0.150. The Morgan fingerprint density at radius 1 is 1.15 bits per heavy atom. The number of aromatic nitrogens is 1. The number of nitrogens with one attached hydrogen (secondary N) is 1. The van der Waals surface area contributed by atoms with Gasteiger partial charge in [0, 0.05) is 36.6 Å². The molecule has 1 aliphatic carbocycles. The zero-order valence-electron chi connectivity index (χ0n) is 14.5. The summed E-state index contributed by atoms with van der Waals surface area (Å²) in [5.41, 5.74) is 1.56. The average Bonchev–Trinajstić information content (AvgIpc) is 2.98. The summed E-state index contributed by atoms with van der Waals surface area (Å²) in [6, 6.07) is 9.92. The Bertz CT molecular complexity index is 913. The summed E-state index contributed by atoms with van der Waals surface area (Å²) in [4.78, 5) is 16.6. The van der Waals surface area contributed by atoms with E-state index < -0.39 is 10.0 Å². The Balaban J connectivity index is 1.52. The lowest BCUT2D eigenvalue weighted by molar-refractivity contribution is 0.0818. The minimum Gasteiger partial charge on any atom is -0.348 e. The molecule has 1 aromatic carbocycles. The molecule has 1 amide bonds. The molecule has 7 heteroatoms. The van der Waals surface area contributed by atoms with Crippen LogP contribution in [0.15, 0.2) is 53.7 Å². The summed E-state index contributed by atoms with van der Waals surface area (Å²) in [6.45, 7) is 2.44. The number of sulfonamides is 1. The predicted octanol–water partition coefficient (Wildman–Crippen LogP) is 1.97. The number of benzene rings is 1. The molecule has 1 aromatic heterocycles. The van der Waals surface area contributed by atoms with Crippen LogP contribution >= 0.6 is 0 Å². The number of nitrogens with zero attached hydrogens (tertiary/aromatic N) is 2. The summed E-state index contributed by atoms with van der Waals surface area (Å²) in [7, 11) is -3.55. The number of hydrogen-bond donors (Lipinski definition) is 1. The van der Waals surface area contributed by atoms with Gasteiger partial charge in [-0.25, -0.2) is 8.42 Å². The van der Waals surface area contributed by atoms with Crippen LogP contribution in [0.5, 0.6) is 0 Å². The van der Waals surface area contributed by atoms with Crippen LogP contribution in [-0.4, -0.2) is 42.2 Å². The lowest BCUT2D eigenvalue weighted by Crippen LogP contribution is -2.60. The highest BCUT2D eigenvalue weighted by Crippen LogP contribution is 2.43. The Labute approximate surface area is 153 Å². The molecule has 0 spiro atoms. The smallest absolute Gasteiger partial charge is 0.251 e. The first kappa shape index (κ1) is 17.2. The van der Waals surface area contributed by atoms with E-state index >= 15 is 0 Å². The zero-order valence-corrected chi connectivity index (χ0v) is 15.3. The van der Waals surface area contributed by atoms with Crippen molar-refractivity contribution in [2.45, 2.75) is 36.7 Å². The van der Waals surface area contributed by atoms with E-state index in [1.807, 2.05) is 19.1 Å². The van der Waals surface area contributed by atoms with Crippen LogP contribution in [0.25, 0.3) is 0 Å². The van der Waals surface area contributed by atoms with Gasteiger partial charge in [0.1, 0.15) is 0 Å². The predicted molar refractivity (Wildman–Crippen MR) is 97.1 cm³/mol.